The number of nitrogens with one attached hydrogen (secondary N) is 1. The minimum atomic E-state index is -1.67. The van der Waals surface area contributed by atoms with Gasteiger partial charge in [0.05, 0.1) is 30.7 Å². The Labute approximate surface area is 129 Å². The maximum absolute atomic E-state index is 9.86. The quantitative estimate of drug-likeness (QED) is 0.841. The van der Waals surface area contributed by atoms with Crippen molar-refractivity contribution >= 4 is 5.90 Å². The molecule has 0 spiro atoms. The lowest BCUT2D eigenvalue weighted by molar-refractivity contribution is -0.266. The molecule has 2 bridgehead atoms. The highest BCUT2D eigenvalue weighted by Gasteiger charge is 2.77. The van der Waals surface area contributed by atoms with Gasteiger partial charge in [0, 0.05) is 6.42 Å². The van der Waals surface area contributed by atoms with Gasteiger partial charge in [0.15, 0.2) is 10.8 Å². The van der Waals surface area contributed by atoms with Crippen molar-refractivity contribution in [2.24, 2.45) is 22.7 Å². The highest BCUT2D eigenvalue weighted by molar-refractivity contribution is 5.89. The lowest BCUT2D eigenvalue weighted by Gasteiger charge is -2.49. The summed E-state index contributed by atoms with van der Waals surface area (Å²) < 4.78 is 11.5. The third kappa shape index (κ3) is 1.47. The molecule has 0 aromatic carbocycles. The van der Waals surface area contributed by atoms with Crippen LogP contribution in [0.2, 0.25) is 0 Å². The average Bonchev–Trinajstić information content (AvgIpc) is 2.73. The molecule has 0 amide bonds. The van der Waals surface area contributed by atoms with Crippen molar-refractivity contribution in [2.45, 2.75) is 44.8 Å². The van der Waals surface area contributed by atoms with Crippen LogP contribution in [0.5, 0.6) is 0 Å². The van der Waals surface area contributed by atoms with Crippen molar-refractivity contribution in [3.05, 3.63) is 0 Å². The van der Waals surface area contributed by atoms with E-state index in [1.165, 1.54) is 0 Å². The van der Waals surface area contributed by atoms with Crippen LogP contribution in [-0.2, 0) is 9.47 Å². The van der Waals surface area contributed by atoms with E-state index in [1.54, 1.807) is 0 Å². The average molecular weight is 298 g/mol. The summed E-state index contributed by atoms with van der Waals surface area (Å²) in [6, 6.07) is 6.06. The van der Waals surface area contributed by atoms with E-state index in [1.807, 2.05) is 12.1 Å². The molecular weight excluding hydrogens is 280 g/mol. The number of rotatable bonds is 2. The maximum atomic E-state index is 9.86. The van der Waals surface area contributed by atoms with E-state index >= 15 is 0 Å². The Bertz CT molecular complexity index is 626. The van der Waals surface area contributed by atoms with Crippen LogP contribution in [-0.4, -0.2) is 18.3 Å². The fourth-order valence-corrected chi connectivity index (χ4v) is 4.45. The molecule has 0 aromatic rings. The molecule has 0 aromatic heterocycles. The second-order valence-corrected chi connectivity index (χ2v) is 6.56. The smallest absolute Gasteiger partial charge is 0.217 e. The molecule has 2 heterocycles. The predicted molar refractivity (Wildman–Crippen MR) is 74.9 cm³/mol. The first-order valence-corrected chi connectivity index (χ1v) is 7.70. The molecule has 114 valence electrons. The Balaban J connectivity index is 2.12. The van der Waals surface area contributed by atoms with Crippen molar-refractivity contribution in [3.63, 3.8) is 0 Å². The van der Waals surface area contributed by atoms with Gasteiger partial charge in [-0.2, -0.15) is 15.8 Å². The van der Waals surface area contributed by atoms with Gasteiger partial charge < -0.3 is 9.47 Å². The fraction of sp³-hybridized carbons (Fsp3) is 0.750. The molecule has 2 saturated heterocycles. The van der Waals surface area contributed by atoms with Crippen molar-refractivity contribution in [2.75, 3.05) is 6.61 Å². The van der Waals surface area contributed by atoms with E-state index < -0.39 is 22.5 Å². The Morgan fingerprint density at radius 3 is 2.59 bits per heavy atom. The van der Waals surface area contributed by atoms with Crippen LogP contribution in [0, 0.1) is 62.1 Å². The van der Waals surface area contributed by atoms with E-state index in [9.17, 15) is 15.8 Å². The number of nitrogens with zero attached hydrogens (tertiary/aromatic N) is 3. The van der Waals surface area contributed by atoms with Gasteiger partial charge in [-0.3, -0.25) is 5.41 Å². The highest BCUT2D eigenvalue weighted by atomic mass is 16.7. The Morgan fingerprint density at radius 1 is 1.27 bits per heavy atom. The summed E-state index contributed by atoms with van der Waals surface area (Å²) >= 11 is 0. The van der Waals surface area contributed by atoms with Crippen LogP contribution >= 0.6 is 0 Å². The molecule has 4 unspecified atom stereocenters. The van der Waals surface area contributed by atoms with Crippen molar-refractivity contribution in [1.82, 2.24) is 0 Å². The molecule has 0 radical (unpaired) electrons. The molecule has 3 rings (SSSR count). The topological polar surface area (TPSA) is 114 Å². The Hall–Kier alpha value is -2.10. The van der Waals surface area contributed by atoms with Gasteiger partial charge in [-0.1, -0.05) is 19.8 Å². The van der Waals surface area contributed by atoms with E-state index in [-0.39, 0.29) is 12.5 Å². The number of ether oxygens (including phenoxy) is 2. The van der Waals surface area contributed by atoms with Crippen LogP contribution in [0.4, 0.5) is 0 Å². The van der Waals surface area contributed by atoms with Crippen LogP contribution in [0.3, 0.4) is 0 Å². The summed E-state index contributed by atoms with van der Waals surface area (Å²) in [5, 5.41) is 37.2. The van der Waals surface area contributed by atoms with E-state index in [0.717, 1.165) is 19.3 Å². The van der Waals surface area contributed by atoms with Crippen LogP contribution < -0.4 is 0 Å². The molecule has 3 aliphatic rings. The molecule has 1 saturated carbocycles. The summed E-state index contributed by atoms with van der Waals surface area (Å²) in [4.78, 5) is 0. The third-order valence-corrected chi connectivity index (χ3v) is 5.62. The summed E-state index contributed by atoms with van der Waals surface area (Å²) in [6.45, 7) is 1.94. The van der Waals surface area contributed by atoms with Crippen LogP contribution in [0.1, 0.15) is 39.0 Å². The molecule has 1 aliphatic carbocycles. The normalized spacial score (nSPS) is 41.5. The SMILES string of the molecule is CCCC1CCC23OCC(C#N)(C#N)C(C#N)(C(=N)O2)C3C1. The molecule has 1 N–H and O–H groups in total. The molecule has 3 fully saturated rings. The van der Waals surface area contributed by atoms with E-state index in [0.29, 0.717) is 18.8 Å². The van der Waals surface area contributed by atoms with Crippen LogP contribution in [0.25, 0.3) is 0 Å². The van der Waals surface area contributed by atoms with Gasteiger partial charge in [-0.15, -0.1) is 0 Å². The molecule has 2 aliphatic heterocycles. The zero-order valence-electron chi connectivity index (χ0n) is 12.6. The highest BCUT2D eigenvalue weighted by Crippen LogP contribution is 2.65. The summed E-state index contributed by atoms with van der Waals surface area (Å²) in [5.41, 5.74) is -3.18. The van der Waals surface area contributed by atoms with Crippen molar-refractivity contribution < 1.29 is 9.47 Å². The first-order chi connectivity index (χ1) is 10.5. The zero-order chi connectivity index (χ0) is 16.0. The van der Waals surface area contributed by atoms with Crippen molar-refractivity contribution in [1.29, 1.82) is 21.2 Å². The summed E-state index contributed by atoms with van der Waals surface area (Å²) in [5.74, 6) is -1.26. The number of nitriles is 3. The fourth-order valence-electron chi connectivity index (χ4n) is 4.45. The van der Waals surface area contributed by atoms with Crippen molar-refractivity contribution in [3.8, 4) is 18.2 Å². The largest absolute Gasteiger partial charge is 0.447 e. The standard InChI is InChI=1S/C16H18N4O2/c1-2-3-11-4-5-16-12(6-11)15(9-19,13(20)22-16)14(7-17,8-18)10-21-16/h11-12,20H,2-6,10H2,1H3. The summed E-state index contributed by atoms with van der Waals surface area (Å²) in [7, 11) is 0. The Morgan fingerprint density at radius 2 is 2.00 bits per heavy atom. The third-order valence-electron chi connectivity index (χ3n) is 5.62. The first-order valence-electron chi connectivity index (χ1n) is 7.70. The monoisotopic (exact) mass is 298 g/mol. The number of hydrogen-bond acceptors (Lipinski definition) is 6. The Kier molecular flexibility index (Phi) is 3.17. The molecule has 4 atom stereocenters. The van der Waals surface area contributed by atoms with Gasteiger partial charge in [-0.25, -0.2) is 0 Å². The van der Waals surface area contributed by atoms with Gasteiger partial charge >= 0.3 is 0 Å². The predicted octanol–water partition coefficient (Wildman–Crippen LogP) is 2.48. The lowest BCUT2D eigenvalue weighted by atomic mass is 9.53. The van der Waals surface area contributed by atoms with Crippen LogP contribution in [0.15, 0.2) is 0 Å². The second kappa shape index (κ2) is 4.70. The van der Waals surface area contributed by atoms with Gasteiger partial charge in [0.25, 0.3) is 0 Å². The number of hydrogen-bond donors (Lipinski definition) is 1. The molecule has 6 heteroatoms. The van der Waals surface area contributed by atoms with E-state index in [2.05, 4.69) is 13.0 Å². The molecular formula is C16H18N4O2. The minimum Gasteiger partial charge on any atom is -0.447 e. The lowest BCUT2D eigenvalue weighted by Crippen LogP contribution is -2.60. The van der Waals surface area contributed by atoms with Gasteiger partial charge in [0.1, 0.15) is 0 Å². The maximum Gasteiger partial charge on any atom is 0.217 e. The van der Waals surface area contributed by atoms with Gasteiger partial charge in [0.2, 0.25) is 11.7 Å². The summed E-state index contributed by atoms with van der Waals surface area (Å²) in [6.07, 6.45) is 4.28. The second-order valence-electron chi connectivity index (χ2n) is 6.56. The minimum absolute atomic E-state index is 0.176. The first kappa shape index (κ1) is 14.8. The molecule has 22 heavy (non-hydrogen) atoms. The zero-order valence-corrected chi connectivity index (χ0v) is 12.6. The molecule has 6 nitrogen and oxygen atoms in total. The van der Waals surface area contributed by atoms with E-state index in [4.69, 9.17) is 14.9 Å². The van der Waals surface area contributed by atoms with Gasteiger partial charge in [-0.05, 0) is 18.8 Å².